The van der Waals surface area contributed by atoms with Crippen LogP contribution in [-0.4, -0.2) is 44.5 Å². The van der Waals surface area contributed by atoms with Crippen LogP contribution in [0.1, 0.15) is 48.1 Å². The summed E-state index contributed by atoms with van der Waals surface area (Å²) >= 11 is 0. The summed E-state index contributed by atoms with van der Waals surface area (Å²) in [6, 6.07) is 8.29. The molecule has 1 atom stereocenters. The summed E-state index contributed by atoms with van der Waals surface area (Å²) in [5.41, 5.74) is 5.94. The summed E-state index contributed by atoms with van der Waals surface area (Å²) in [4.78, 5) is 24.1. The lowest BCUT2D eigenvalue weighted by Crippen LogP contribution is -2.30. The minimum Gasteiger partial charge on any atom is -0.484 e. The lowest BCUT2D eigenvalue weighted by molar-refractivity contribution is -0.123. The molecule has 0 spiro atoms. The quantitative estimate of drug-likeness (QED) is 0.268. The van der Waals surface area contributed by atoms with Crippen molar-refractivity contribution in [2.24, 2.45) is 5.73 Å². The number of nitrogens with one attached hydrogen (secondary N) is 2. The molecular weight excluding hydrogens is 453 g/mol. The Morgan fingerprint density at radius 2 is 1.82 bits per heavy atom. The van der Waals surface area contributed by atoms with E-state index in [0.29, 0.717) is 18.7 Å². The molecule has 0 fully saturated rings. The van der Waals surface area contributed by atoms with Gasteiger partial charge in [-0.2, -0.15) is 8.42 Å². The second-order valence-corrected chi connectivity index (χ2v) is 8.82. The summed E-state index contributed by atoms with van der Waals surface area (Å²) in [7, 11) is -4.64. The number of nitrogens with two attached hydrogens (primary N) is 1. The van der Waals surface area contributed by atoms with Crippen molar-refractivity contribution >= 4 is 21.9 Å². The SMILES string of the molecule is CC(NC(=O)c1cc(OCC(=O)NCCCCCN)cc(S(=O)(=O)O)c1)c1ccc(F)cc1. The average molecular weight is 482 g/mol. The van der Waals surface area contributed by atoms with Crippen molar-refractivity contribution in [2.75, 3.05) is 19.7 Å². The highest BCUT2D eigenvalue weighted by atomic mass is 32.2. The van der Waals surface area contributed by atoms with Crippen LogP contribution in [0.4, 0.5) is 4.39 Å². The number of amides is 2. The molecule has 0 bridgehead atoms. The lowest BCUT2D eigenvalue weighted by atomic mass is 10.1. The first-order valence-corrected chi connectivity index (χ1v) is 11.8. The Bertz CT molecular complexity index is 1060. The Labute approximate surface area is 192 Å². The molecule has 9 nitrogen and oxygen atoms in total. The van der Waals surface area contributed by atoms with Gasteiger partial charge in [-0.15, -0.1) is 0 Å². The molecule has 0 aliphatic carbocycles. The van der Waals surface area contributed by atoms with E-state index < -0.39 is 45.3 Å². The Kier molecular flexibility index (Phi) is 9.76. The van der Waals surface area contributed by atoms with E-state index in [4.69, 9.17) is 10.5 Å². The molecule has 0 heterocycles. The molecule has 0 saturated carbocycles. The minimum atomic E-state index is -4.64. The number of unbranched alkanes of at least 4 members (excludes halogenated alkanes) is 2. The molecule has 0 saturated heterocycles. The van der Waals surface area contributed by atoms with Gasteiger partial charge in [-0.25, -0.2) is 4.39 Å². The maximum absolute atomic E-state index is 13.1. The molecule has 2 aromatic carbocycles. The molecular formula is C22H28FN3O6S. The van der Waals surface area contributed by atoms with Crippen LogP contribution in [0.2, 0.25) is 0 Å². The van der Waals surface area contributed by atoms with Crippen LogP contribution in [0.5, 0.6) is 5.75 Å². The van der Waals surface area contributed by atoms with Crippen LogP contribution >= 0.6 is 0 Å². The van der Waals surface area contributed by atoms with Crippen molar-refractivity contribution in [3.63, 3.8) is 0 Å². The Hall–Kier alpha value is -3.02. The van der Waals surface area contributed by atoms with E-state index in [0.717, 1.165) is 31.4 Å². The fourth-order valence-electron chi connectivity index (χ4n) is 2.92. The molecule has 180 valence electrons. The highest BCUT2D eigenvalue weighted by Crippen LogP contribution is 2.22. The topological polar surface area (TPSA) is 148 Å². The molecule has 0 aromatic heterocycles. The number of hydrogen-bond acceptors (Lipinski definition) is 6. The highest BCUT2D eigenvalue weighted by Gasteiger charge is 2.18. The van der Waals surface area contributed by atoms with Gasteiger partial charge in [-0.1, -0.05) is 18.6 Å². The standard InChI is InChI=1S/C22H28FN3O6S/c1-15(16-5-7-18(23)8-6-16)26-22(28)17-11-19(13-20(12-17)33(29,30)31)32-14-21(27)25-10-4-2-3-9-24/h5-8,11-13,15H,2-4,9-10,14,24H2,1H3,(H,25,27)(H,26,28)(H,29,30,31). The van der Waals surface area contributed by atoms with E-state index in [1.807, 2.05) is 0 Å². The van der Waals surface area contributed by atoms with Crippen LogP contribution in [0.3, 0.4) is 0 Å². The van der Waals surface area contributed by atoms with Gasteiger partial charge in [0.05, 0.1) is 10.9 Å². The molecule has 1 unspecified atom stereocenters. The predicted molar refractivity (Wildman–Crippen MR) is 120 cm³/mol. The first kappa shape index (κ1) is 26.2. The van der Waals surface area contributed by atoms with Gasteiger partial charge in [0.1, 0.15) is 11.6 Å². The van der Waals surface area contributed by atoms with Crippen molar-refractivity contribution < 1.29 is 31.7 Å². The second-order valence-electron chi connectivity index (χ2n) is 7.40. The van der Waals surface area contributed by atoms with Gasteiger partial charge in [0.2, 0.25) is 0 Å². The van der Waals surface area contributed by atoms with E-state index in [9.17, 15) is 27.0 Å². The number of rotatable bonds is 12. The fourth-order valence-corrected chi connectivity index (χ4v) is 3.46. The normalized spacial score (nSPS) is 12.1. The molecule has 0 radical (unpaired) electrons. The number of carbonyl (C=O) groups is 2. The fraction of sp³-hybridized carbons (Fsp3) is 0.364. The average Bonchev–Trinajstić information content (AvgIpc) is 2.77. The van der Waals surface area contributed by atoms with Gasteiger partial charge in [0.15, 0.2) is 6.61 Å². The van der Waals surface area contributed by atoms with Crippen molar-refractivity contribution in [1.29, 1.82) is 0 Å². The second kappa shape index (κ2) is 12.3. The summed E-state index contributed by atoms with van der Waals surface area (Å²) < 4.78 is 51.2. The maximum Gasteiger partial charge on any atom is 0.294 e. The predicted octanol–water partition coefficient (Wildman–Crippen LogP) is 2.19. The Balaban J connectivity index is 2.08. The van der Waals surface area contributed by atoms with Gasteiger partial charge in [0, 0.05) is 18.2 Å². The molecule has 2 aromatic rings. The summed E-state index contributed by atoms with van der Waals surface area (Å²) in [5, 5.41) is 5.33. The smallest absolute Gasteiger partial charge is 0.294 e. The van der Waals surface area contributed by atoms with Crippen LogP contribution in [0, 0.1) is 5.82 Å². The van der Waals surface area contributed by atoms with Crippen molar-refractivity contribution in [1.82, 2.24) is 10.6 Å². The zero-order chi connectivity index (χ0) is 24.4. The van der Waals surface area contributed by atoms with Gasteiger partial charge in [-0.05, 0) is 56.1 Å². The van der Waals surface area contributed by atoms with Gasteiger partial charge < -0.3 is 21.1 Å². The first-order valence-electron chi connectivity index (χ1n) is 10.4. The third kappa shape index (κ3) is 8.79. The van der Waals surface area contributed by atoms with Crippen molar-refractivity contribution in [3.05, 3.63) is 59.4 Å². The monoisotopic (exact) mass is 481 g/mol. The summed E-state index contributed by atoms with van der Waals surface area (Å²) in [6.45, 7) is 2.30. The van der Waals surface area contributed by atoms with E-state index >= 15 is 0 Å². The van der Waals surface area contributed by atoms with E-state index in [-0.39, 0.29) is 11.3 Å². The van der Waals surface area contributed by atoms with Crippen LogP contribution < -0.4 is 21.1 Å². The van der Waals surface area contributed by atoms with Crippen molar-refractivity contribution in [3.8, 4) is 5.75 Å². The van der Waals surface area contributed by atoms with Crippen molar-refractivity contribution in [2.45, 2.75) is 37.1 Å². The molecule has 5 N–H and O–H groups in total. The van der Waals surface area contributed by atoms with Crippen LogP contribution in [0.25, 0.3) is 0 Å². The highest BCUT2D eigenvalue weighted by molar-refractivity contribution is 7.85. The largest absolute Gasteiger partial charge is 0.484 e. The number of ether oxygens (including phenoxy) is 1. The van der Waals surface area contributed by atoms with Gasteiger partial charge in [-0.3, -0.25) is 14.1 Å². The number of halogens is 1. The maximum atomic E-state index is 13.1. The number of carbonyl (C=O) groups excluding carboxylic acids is 2. The molecule has 0 aliphatic heterocycles. The Morgan fingerprint density at radius 1 is 1.12 bits per heavy atom. The molecule has 2 rings (SSSR count). The molecule has 11 heteroatoms. The number of hydrogen-bond donors (Lipinski definition) is 4. The Morgan fingerprint density at radius 3 is 2.45 bits per heavy atom. The zero-order valence-electron chi connectivity index (χ0n) is 18.2. The van der Waals surface area contributed by atoms with Gasteiger partial charge in [0.25, 0.3) is 21.9 Å². The molecule has 0 aliphatic rings. The minimum absolute atomic E-state index is 0.0806. The van der Waals surface area contributed by atoms with Crippen LogP contribution in [0.15, 0.2) is 47.4 Å². The number of benzene rings is 2. The molecule has 33 heavy (non-hydrogen) atoms. The summed E-state index contributed by atoms with van der Waals surface area (Å²) in [6.07, 6.45) is 2.50. The van der Waals surface area contributed by atoms with Gasteiger partial charge >= 0.3 is 0 Å². The van der Waals surface area contributed by atoms with E-state index in [1.165, 1.54) is 30.3 Å². The van der Waals surface area contributed by atoms with E-state index in [1.54, 1.807) is 6.92 Å². The lowest BCUT2D eigenvalue weighted by Gasteiger charge is -2.15. The first-order chi connectivity index (χ1) is 15.6. The zero-order valence-corrected chi connectivity index (χ0v) is 19.0. The van der Waals surface area contributed by atoms with E-state index in [2.05, 4.69) is 10.6 Å². The van der Waals surface area contributed by atoms with Crippen LogP contribution in [-0.2, 0) is 14.9 Å². The third-order valence-corrected chi connectivity index (χ3v) is 5.56. The molecule has 2 amide bonds. The summed E-state index contributed by atoms with van der Waals surface area (Å²) in [5.74, 6) is -1.56. The third-order valence-electron chi connectivity index (χ3n) is 4.73.